The van der Waals surface area contributed by atoms with Crippen molar-refractivity contribution < 1.29 is 14.3 Å². The summed E-state index contributed by atoms with van der Waals surface area (Å²) in [6.45, 7) is 6.71. The minimum absolute atomic E-state index is 0.193. The average molecular weight is 341 g/mol. The Kier molecular flexibility index (Phi) is 6.25. The lowest BCUT2D eigenvalue weighted by Gasteiger charge is -2.13. The van der Waals surface area contributed by atoms with Crippen LogP contribution in [0.15, 0.2) is 30.3 Å². The van der Waals surface area contributed by atoms with Gasteiger partial charge in [-0.3, -0.25) is 9.59 Å². The largest absolute Gasteiger partial charge is 0.383 e. The molecule has 0 aliphatic rings. The highest BCUT2D eigenvalue weighted by molar-refractivity contribution is 6.04. The number of methoxy groups -OCH3 is 1. The molecule has 0 unspecified atom stereocenters. The van der Waals surface area contributed by atoms with Gasteiger partial charge in [-0.25, -0.2) is 4.98 Å². The lowest BCUT2D eigenvalue weighted by molar-refractivity contribution is 0.0932. The lowest BCUT2D eigenvalue weighted by Crippen LogP contribution is -2.28. The summed E-state index contributed by atoms with van der Waals surface area (Å²) in [5, 5.41) is 5.57. The molecule has 2 amide bonds. The first-order valence-electron chi connectivity index (χ1n) is 8.05. The minimum atomic E-state index is -0.346. The van der Waals surface area contributed by atoms with Crippen molar-refractivity contribution in [3.63, 3.8) is 0 Å². The molecule has 6 nitrogen and oxygen atoms in total. The number of hydrogen-bond donors (Lipinski definition) is 2. The molecule has 0 saturated carbocycles. The minimum Gasteiger partial charge on any atom is -0.383 e. The zero-order valence-corrected chi connectivity index (χ0v) is 15.0. The fourth-order valence-corrected chi connectivity index (χ4v) is 2.60. The van der Waals surface area contributed by atoms with E-state index in [0.29, 0.717) is 13.2 Å². The third-order valence-electron chi connectivity index (χ3n) is 3.72. The van der Waals surface area contributed by atoms with Crippen molar-refractivity contribution in [2.75, 3.05) is 25.6 Å². The number of pyridine rings is 1. The summed E-state index contributed by atoms with van der Waals surface area (Å²) >= 11 is 0. The van der Waals surface area contributed by atoms with Crippen LogP contribution in [0.3, 0.4) is 0 Å². The van der Waals surface area contributed by atoms with E-state index >= 15 is 0 Å². The molecule has 132 valence electrons. The van der Waals surface area contributed by atoms with E-state index < -0.39 is 0 Å². The SMILES string of the molecule is COCCNC(=O)c1cccc(C(=O)Nc2c(C)cc(C)cc2C)n1. The Morgan fingerprint density at radius 3 is 2.24 bits per heavy atom. The van der Waals surface area contributed by atoms with Gasteiger partial charge in [-0.05, 0) is 44.0 Å². The third kappa shape index (κ3) is 4.87. The number of carbonyl (C=O) groups excluding carboxylic acids is 2. The van der Waals surface area contributed by atoms with Crippen LogP contribution in [0.2, 0.25) is 0 Å². The second kappa shape index (κ2) is 8.39. The first-order chi connectivity index (χ1) is 11.9. The molecule has 2 aromatic rings. The number of anilines is 1. The first-order valence-corrected chi connectivity index (χ1v) is 8.05. The fourth-order valence-electron chi connectivity index (χ4n) is 2.60. The Morgan fingerprint density at radius 2 is 1.64 bits per heavy atom. The number of aromatic nitrogens is 1. The van der Waals surface area contributed by atoms with Crippen LogP contribution in [0.25, 0.3) is 0 Å². The summed E-state index contributed by atoms with van der Waals surface area (Å²) in [5.74, 6) is -0.684. The molecule has 2 rings (SSSR count). The monoisotopic (exact) mass is 341 g/mol. The van der Waals surface area contributed by atoms with Crippen LogP contribution < -0.4 is 10.6 Å². The van der Waals surface area contributed by atoms with Gasteiger partial charge < -0.3 is 15.4 Å². The van der Waals surface area contributed by atoms with Crippen LogP contribution in [-0.4, -0.2) is 37.1 Å². The molecule has 0 atom stereocenters. The van der Waals surface area contributed by atoms with Gasteiger partial charge in [0, 0.05) is 19.3 Å². The zero-order chi connectivity index (χ0) is 18.4. The maximum atomic E-state index is 12.5. The molecule has 25 heavy (non-hydrogen) atoms. The van der Waals surface area contributed by atoms with Crippen molar-refractivity contribution in [1.82, 2.24) is 10.3 Å². The van der Waals surface area contributed by atoms with Gasteiger partial charge in [0.1, 0.15) is 11.4 Å². The number of rotatable bonds is 6. The topological polar surface area (TPSA) is 80.3 Å². The second-order valence-electron chi connectivity index (χ2n) is 5.88. The van der Waals surface area contributed by atoms with Gasteiger partial charge in [-0.1, -0.05) is 23.8 Å². The van der Waals surface area contributed by atoms with E-state index in [2.05, 4.69) is 15.6 Å². The quantitative estimate of drug-likeness (QED) is 0.792. The van der Waals surface area contributed by atoms with Crippen LogP contribution in [0.1, 0.15) is 37.7 Å². The fraction of sp³-hybridized carbons (Fsp3) is 0.316. The molecule has 1 aromatic carbocycles. The summed E-state index contributed by atoms with van der Waals surface area (Å²) in [6, 6.07) is 8.81. The van der Waals surface area contributed by atoms with Crippen LogP contribution in [0.5, 0.6) is 0 Å². The molecule has 1 aromatic heterocycles. The number of ether oxygens (including phenoxy) is 1. The highest BCUT2D eigenvalue weighted by Crippen LogP contribution is 2.22. The van der Waals surface area contributed by atoms with Gasteiger partial charge in [0.05, 0.1) is 6.61 Å². The Labute approximate surface area is 147 Å². The number of nitrogens with zero attached hydrogens (tertiary/aromatic N) is 1. The normalized spacial score (nSPS) is 10.4. The molecule has 0 spiro atoms. The van der Waals surface area contributed by atoms with Crippen molar-refractivity contribution in [2.45, 2.75) is 20.8 Å². The smallest absolute Gasteiger partial charge is 0.274 e. The number of carbonyl (C=O) groups is 2. The third-order valence-corrected chi connectivity index (χ3v) is 3.72. The number of benzene rings is 1. The maximum Gasteiger partial charge on any atom is 0.274 e. The molecular weight excluding hydrogens is 318 g/mol. The standard InChI is InChI=1S/C19H23N3O3/c1-12-10-13(2)17(14(3)11-12)22-19(24)16-7-5-6-15(21-16)18(23)20-8-9-25-4/h5-7,10-11H,8-9H2,1-4H3,(H,20,23)(H,22,24). The summed E-state index contributed by atoms with van der Waals surface area (Å²) < 4.78 is 4.89. The van der Waals surface area contributed by atoms with Gasteiger partial charge in [-0.2, -0.15) is 0 Å². The predicted octanol–water partition coefficient (Wildman–Crippen LogP) is 2.64. The van der Waals surface area contributed by atoms with Crippen molar-refractivity contribution in [1.29, 1.82) is 0 Å². The van der Waals surface area contributed by atoms with Gasteiger partial charge in [0.15, 0.2) is 0 Å². The summed E-state index contributed by atoms with van der Waals surface area (Å²) in [6.07, 6.45) is 0. The van der Waals surface area contributed by atoms with Crippen molar-refractivity contribution in [3.05, 3.63) is 58.4 Å². The molecule has 1 heterocycles. The Morgan fingerprint density at radius 1 is 1.04 bits per heavy atom. The van der Waals surface area contributed by atoms with E-state index in [1.54, 1.807) is 25.3 Å². The van der Waals surface area contributed by atoms with Gasteiger partial charge >= 0.3 is 0 Å². The molecule has 6 heteroatoms. The van der Waals surface area contributed by atoms with Gasteiger partial charge in [0.2, 0.25) is 0 Å². The molecule has 0 radical (unpaired) electrons. The maximum absolute atomic E-state index is 12.5. The zero-order valence-electron chi connectivity index (χ0n) is 15.0. The van der Waals surface area contributed by atoms with Crippen LogP contribution in [0, 0.1) is 20.8 Å². The predicted molar refractivity (Wildman–Crippen MR) is 97.1 cm³/mol. The molecule has 0 bridgehead atoms. The number of nitrogens with one attached hydrogen (secondary N) is 2. The molecular formula is C19H23N3O3. The molecule has 2 N–H and O–H groups in total. The van der Waals surface area contributed by atoms with Crippen LogP contribution >= 0.6 is 0 Å². The second-order valence-corrected chi connectivity index (χ2v) is 5.88. The van der Waals surface area contributed by atoms with E-state index in [1.165, 1.54) is 0 Å². The summed E-state index contributed by atoms with van der Waals surface area (Å²) in [7, 11) is 1.56. The number of amides is 2. The van der Waals surface area contributed by atoms with Gasteiger partial charge in [-0.15, -0.1) is 0 Å². The molecule has 0 aliphatic carbocycles. The van der Waals surface area contributed by atoms with Crippen molar-refractivity contribution in [2.24, 2.45) is 0 Å². The van der Waals surface area contributed by atoms with E-state index in [1.807, 2.05) is 32.9 Å². The lowest BCUT2D eigenvalue weighted by atomic mass is 10.0. The highest BCUT2D eigenvalue weighted by Gasteiger charge is 2.14. The Hall–Kier alpha value is -2.73. The number of hydrogen-bond acceptors (Lipinski definition) is 4. The average Bonchev–Trinajstić information content (AvgIpc) is 2.58. The Balaban J connectivity index is 2.15. The van der Waals surface area contributed by atoms with E-state index in [0.717, 1.165) is 22.4 Å². The van der Waals surface area contributed by atoms with E-state index in [4.69, 9.17) is 4.74 Å². The summed E-state index contributed by atoms with van der Waals surface area (Å²) in [5.41, 5.74) is 4.27. The first kappa shape index (κ1) is 18.6. The van der Waals surface area contributed by atoms with Crippen LogP contribution in [-0.2, 0) is 4.74 Å². The summed E-state index contributed by atoms with van der Waals surface area (Å²) in [4.78, 5) is 28.7. The van der Waals surface area contributed by atoms with E-state index in [9.17, 15) is 9.59 Å². The molecule has 0 aliphatic heterocycles. The van der Waals surface area contributed by atoms with E-state index in [-0.39, 0.29) is 23.2 Å². The molecule has 0 fully saturated rings. The van der Waals surface area contributed by atoms with Crippen molar-refractivity contribution in [3.8, 4) is 0 Å². The number of aryl methyl sites for hydroxylation is 3. The van der Waals surface area contributed by atoms with Crippen molar-refractivity contribution >= 4 is 17.5 Å². The van der Waals surface area contributed by atoms with Gasteiger partial charge in [0.25, 0.3) is 11.8 Å². The van der Waals surface area contributed by atoms with Crippen LogP contribution in [0.4, 0.5) is 5.69 Å². The highest BCUT2D eigenvalue weighted by atomic mass is 16.5. The Bertz CT molecular complexity index is 764. The molecule has 0 saturated heterocycles.